The van der Waals surface area contributed by atoms with Crippen molar-refractivity contribution < 1.29 is 19.6 Å². The van der Waals surface area contributed by atoms with E-state index >= 15 is 0 Å². The fourth-order valence-electron chi connectivity index (χ4n) is 1.65. The molecule has 2 rings (SSSR count). The Hall–Kier alpha value is -1.44. The number of carbonyl (C=O) groups excluding carboxylic acids is 1. The minimum atomic E-state index is -1.87. The van der Waals surface area contributed by atoms with E-state index in [0.717, 1.165) is 0 Å². The predicted molar refractivity (Wildman–Crippen MR) is 87.4 cm³/mol. The van der Waals surface area contributed by atoms with Crippen LogP contribution in [0, 0.1) is 0 Å². The number of halogens is 3. The summed E-state index contributed by atoms with van der Waals surface area (Å²) in [5.41, 5.74) is 0.0285. The van der Waals surface area contributed by atoms with E-state index in [9.17, 15) is 14.8 Å². The lowest BCUT2D eigenvalue weighted by Crippen LogP contribution is -2.32. The van der Waals surface area contributed by atoms with Gasteiger partial charge in [0.15, 0.2) is 0 Å². The monoisotopic (exact) mass is 359 g/mol. The zero-order chi connectivity index (χ0) is 16.3. The molecule has 2 aromatic rings. The molecule has 9 heteroatoms. The second-order valence-corrected chi connectivity index (χ2v) is 5.39. The van der Waals surface area contributed by atoms with Gasteiger partial charge in [-0.3, -0.25) is 5.32 Å². The van der Waals surface area contributed by atoms with Crippen LogP contribution in [0.5, 0.6) is 5.75 Å². The standard InChI is InChI=1S/C13H9BCl3NO4/c15-7-1-3-8(4-2-7)22-13(19)18-10-6-5-9(16)11(12(10)17)14(20)21/h1-6,20-21H,(H,18,19). The van der Waals surface area contributed by atoms with Gasteiger partial charge in [-0.25, -0.2) is 4.79 Å². The van der Waals surface area contributed by atoms with Gasteiger partial charge in [0.2, 0.25) is 0 Å². The van der Waals surface area contributed by atoms with E-state index in [1.54, 1.807) is 12.1 Å². The largest absolute Gasteiger partial charge is 0.491 e. The SMILES string of the molecule is O=C(Nc1ccc(Cl)c(B(O)O)c1Cl)Oc1ccc(Cl)cc1. The molecule has 0 fully saturated rings. The molecule has 0 bridgehead atoms. The van der Waals surface area contributed by atoms with E-state index < -0.39 is 13.2 Å². The molecule has 22 heavy (non-hydrogen) atoms. The van der Waals surface area contributed by atoms with Gasteiger partial charge in [0, 0.05) is 15.5 Å². The number of carbonyl (C=O) groups is 1. The summed E-state index contributed by atoms with van der Waals surface area (Å²) in [6.45, 7) is 0. The summed E-state index contributed by atoms with van der Waals surface area (Å²) < 4.78 is 5.03. The van der Waals surface area contributed by atoms with E-state index in [-0.39, 0.29) is 26.9 Å². The Morgan fingerprint density at radius 3 is 2.27 bits per heavy atom. The minimum absolute atomic E-state index is 0.0663. The summed E-state index contributed by atoms with van der Waals surface area (Å²) in [5.74, 6) is 0.286. The Bertz CT molecular complexity index is 694. The summed E-state index contributed by atoms with van der Waals surface area (Å²) in [6, 6.07) is 8.97. The smallest absolute Gasteiger partial charge is 0.423 e. The van der Waals surface area contributed by atoms with E-state index in [0.29, 0.717) is 5.02 Å². The molecular formula is C13H9BCl3NO4. The van der Waals surface area contributed by atoms with Crippen LogP contribution in [0.3, 0.4) is 0 Å². The van der Waals surface area contributed by atoms with Crippen LogP contribution in [-0.4, -0.2) is 23.3 Å². The molecule has 0 atom stereocenters. The molecule has 0 aliphatic carbocycles. The van der Waals surface area contributed by atoms with Crippen molar-refractivity contribution in [2.24, 2.45) is 0 Å². The average Bonchev–Trinajstić information content (AvgIpc) is 2.44. The molecule has 0 aliphatic heterocycles. The van der Waals surface area contributed by atoms with Crippen molar-refractivity contribution in [1.82, 2.24) is 0 Å². The van der Waals surface area contributed by atoms with Crippen molar-refractivity contribution in [3.63, 3.8) is 0 Å². The van der Waals surface area contributed by atoms with Crippen LogP contribution >= 0.6 is 34.8 Å². The van der Waals surface area contributed by atoms with E-state index in [1.807, 2.05) is 0 Å². The highest BCUT2D eigenvalue weighted by Crippen LogP contribution is 2.24. The molecule has 114 valence electrons. The molecular weight excluding hydrogens is 351 g/mol. The zero-order valence-electron chi connectivity index (χ0n) is 10.9. The zero-order valence-corrected chi connectivity index (χ0v) is 13.2. The molecule has 3 N–H and O–H groups in total. The molecule has 1 amide bonds. The minimum Gasteiger partial charge on any atom is -0.423 e. The Morgan fingerprint density at radius 2 is 1.68 bits per heavy atom. The number of ether oxygens (including phenoxy) is 1. The van der Waals surface area contributed by atoms with Crippen LogP contribution < -0.4 is 15.5 Å². The Kier molecular flexibility index (Phi) is 5.55. The number of anilines is 1. The Morgan fingerprint density at radius 1 is 1.05 bits per heavy atom. The molecule has 0 heterocycles. The molecule has 0 spiro atoms. The Labute approximate surface area is 141 Å². The third kappa shape index (κ3) is 4.06. The fraction of sp³-hybridized carbons (Fsp3) is 0. The van der Waals surface area contributed by atoms with Crippen LogP contribution in [-0.2, 0) is 0 Å². The van der Waals surface area contributed by atoms with Gasteiger partial charge in [-0.2, -0.15) is 0 Å². The van der Waals surface area contributed by atoms with Gasteiger partial charge in [0.1, 0.15) is 5.75 Å². The van der Waals surface area contributed by atoms with Gasteiger partial charge >= 0.3 is 13.2 Å². The highest BCUT2D eigenvalue weighted by Gasteiger charge is 2.22. The maximum absolute atomic E-state index is 11.8. The first kappa shape index (κ1) is 16.9. The van der Waals surface area contributed by atoms with Crippen LogP contribution in [0.2, 0.25) is 15.1 Å². The maximum atomic E-state index is 11.8. The van der Waals surface area contributed by atoms with Gasteiger partial charge in [-0.1, -0.05) is 34.8 Å². The fourth-order valence-corrected chi connectivity index (χ4v) is 2.39. The van der Waals surface area contributed by atoms with Crippen LogP contribution in [0.15, 0.2) is 36.4 Å². The topological polar surface area (TPSA) is 78.8 Å². The highest BCUT2D eigenvalue weighted by atomic mass is 35.5. The van der Waals surface area contributed by atoms with Gasteiger partial charge in [0.25, 0.3) is 0 Å². The second-order valence-electron chi connectivity index (χ2n) is 4.16. The van der Waals surface area contributed by atoms with Crippen LogP contribution in [0.1, 0.15) is 0 Å². The van der Waals surface area contributed by atoms with Crippen molar-refractivity contribution >= 4 is 59.2 Å². The lowest BCUT2D eigenvalue weighted by atomic mass is 9.80. The van der Waals surface area contributed by atoms with Crippen molar-refractivity contribution in [3.8, 4) is 5.75 Å². The maximum Gasteiger partial charge on any atom is 0.491 e. The first-order valence-corrected chi connectivity index (χ1v) is 7.10. The number of hydrogen-bond acceptors (Lipinski definition) is 4. The van der Waals surface area contributed by atoms with E-state index in [1.165, 1.54) is 24.3 Å². The number of amides is 1. The summed E-state index contributed by atoms with van der Waals surface area (Å²) >= 11 is 17.5. The van der Waals surface area contributed by atoms with Crippen molar-refractivity contribution in [2.75, 3.05) is 5.32 Å². The summed E-state index contributed by atoms with van der Waals surface area (Å²) in [4.78, 5) is 11.8. The summed E-state index contributed by atoms with van der Waals surface area (Å²) in [6.07, 6.45) is -0.801. The highest BCUT2D eigenvalue weighted by molar-refractivity contribution is 6.67. The molecule has 2 aromatic carbocycles. The van der Waals surface area contributed by atoms with Gasteiger partial charge in [0.05, 0.1) is 10.7 Å². The molecule has 0 radical (unpaired) electrons. The Balaban J connectivity index is 2.15. The van der Waals surface area contributed by atoms with E-state index in [4.69, 9.17) is 39.5 Å². The van der Waals surface area contributed by atoms with Gasteiger partial charge < -0.3 is 14.8 Å². The van der Waals surface area contributed by atoms with Crippen LogP contribution in [0.25, 0.3) is 0 Å². The molecule has 0 aromatic heterocycles. The second kappa shape index (κ2) is 7.22. The number of hydrogen-bond donors (Lipinski definition) is 3. The lowest BCUT2D eigenvalue weighted by molar-refractivity contribution is 0.215. The number of rotatable bonds is 3. The first-order valence-electron chi connectivity index (χ1n) is 5.97. The van der Waals surface area contributed by atoms with Gasteiger partial charge in [-0.15, -0.1) is 0 Å². The quantitative estimate of drug-likeness (QED) is 0.736. The normalized spacial score (nSPS) is 10.2. The summed E-state index contributed by atoms with van der Waals surface area (Å²) in [7, 11) is -1.87. The van der Waals surface area contributed by atoms with Crippen molar-refractivity contribution in [3.05, 3.63) is 51.5 Å². The molecule has 0 unspecified atom stereocenters. The van der Waals surface area contributed by atoms with Crippen LogP contribution in [0.4, 0.5) is 10.5 Å². The molecule has 5 nitrogen and oxygen atoms in total. The third-order valence-electron chi connectivity index (χ3n) is 2.65. The predicted octanol–water partition coefficient (Wildman–Crippen LogP) is 2.94. The van der Waals surface area contributed by atoms with E-state index in [2.05, 4.69) is 5.32 Å². The lowest BCUT2D eigenvalue weighted by Gasteiger charge is -2.12. The first-order chi connectivity index (χ1) is 10.4. The summed E-state index contributed by atoms with van der Waals surface area (Å²) in [5, 5.41) is 21.3. The molecule has 0 aliphatic rings. The average molecular weight is 360 g/mol. The molecule has 0 saturated heterocycles. The van der Waals surface area contributed by atoms with Gasteiger partial charge in [-0.05, 0) is 36.4 Å². The number of benzene rings is 2. The number of nitrogens with one attached hydrogen (secondary N) is 1. The van der Waals surface area contributed by atoms with Crippen molar-refractivity contribution in [2.45, 2.75) is 0 Å². The third-order valence-corrected chi connectivity index (χ3v) is 3.63. The molecule has 0 saturated carbocycles. The van der Waals surface area contributed by atoms with Crippen molar-refractivity contribution in [1.29, 1.82) is 0 Å².